The number of rotatable bonds is 11. The van der Waals surface area contributed by atoms with Crippen LogP contribution in [0.2, 0.25) is 0 Å². The van der Waals surface area contributed by atoms with E-state index >= 15 is 0 Å². The van der Waals surface area contributed by atoms with E-state index in [1.54, 1.807) is 17.7 Å². The van der Waals surface area contributed by atoms with Crippen LogP contribution in [0.1, 0.15) is 76.7 Å². The summed E-state index contributed by atoms with van der Waals surface area (Å²) in [5, 5.41) is 0.538. The number of hydrogen-bond acceptors (Lipinski definition) is 4. The standard InChI is InChI=1S/C28H37N3O3/c1-6-8-9-12-18-30(26(32)13-7-2)21(4)27-29-23-15-11-10-14-22(23)28(33)31(27)24-19-20(3)16-17-25(24)34-5/h10-11,14-17,19,21H,6-9,12-13,18H2,1-5H3. The van der Waals surface area contributed by atoms with Crippen molar-refractivity contribution in [1.82, 2.24) is 14.5 Å². The summed E-state index contributed by atoms with van der Waals surface area (Å²) < 4.78 is 7.26. The van der Waals surface area contributed by atoms with Gasteiger partial charge in [-0.05, 0) is 56.5 Å². The van der Waals surface area contributed by atoms with Crippen molar-refractivity contribution in [2.75, 3.05) is 13.7 Å². The molecular formula is C28H37N3O3. The lowest BCUT2D eigenvalue weighted by molar-refractivity contribution is -0.133. The van der Waals surface area contributed by atoms with E-state index in [9.17, 15) is 9.59 Å². The quantitative estimate of drug-likeness (QED) is 0.329. The van der Waals surface area contributed by atoms with Crippen LogP contribution < -0.4 is 10.3 Å². The predicted octanol–water partition coefficient (Wildman–Crippen LogP) is 5.97. The molecular weight excluding hydrogens is 426 g/mol. The molecule has 0 aliphatic heterocycles. The van der Waals surface area contributed by atoms with Crippen molar-refractivity contribution in [3.8, 4) is 11.4 Å². The fourth-order valence-electron chi connectivity index (χ4n) is 4.38. The molecule has 6 heteroatoms. The molecule has 1 amide bonds. The van der Waals surface area contributed by atoms with Crippen LogP contribution in [-0.2, 0) is 4.79 Å². The van der Waals surface area contributed by atoms with E-state index in [4.69, 9.17) is 9.72 Å². The third kappa shape index (κ3) is 5.49. The molecule has 1 heterocycles. The number of amides is 1. The molecule has 34 heavy (non-hydrogen) atoms. The van der Waals surface area contributed by atoms with E-state index in [2.05, 4.69) is 6.92 Å². The number of carbonyl (C=O) groups excluding carboxylic acids is 1. The first-order valence-corrected chi connectivity index (χ1v) is 12.4. The van der Waals surface area contributed by atoms with Gasteiger partial charge in [-0.3, -0.25) is 14.2 Å². The van der Waals surface area contributed by atoms with Gasteiger partial charge in [0.25, 0.3) is 5.56 Å². The van der Waals surface area contributed by atoms with E-state index in [-0.39, 0.29) is 17.5 Å². The second-order valence-corrected chi connectivity index (χ2v) is 8.88. The van der Waals surface area contributed by atoms with Crippen LogP contribution in [0, 0.1) is 6.92 Å². The first-order chi connectivity index (χ1) is 16.4. The molecule has 6 nitrogen and oxygen atoms in total. The van der Waals surface area contributed by atoms with Gasteiger partial charge >= 0.3 is 0 Å². The largest absolute Gasteiger partial charge is 0.495 e. The maximum absolute atomic E-state index is 13.8. The monoisotopic (exact) mass is 463 g/mol. The van der Waals surface area contributed by atoms with Crippen molar-refractivity contribution >= 4 is 16.8 Å². The zero-order valence-electron chi connectivity index (χ0n) is 21.1. The van der Waals surface area contributed by atoms with Crippen LogP contribution in [-0.4, -0.2) is 34.0 Å². The SMILES string of the molecule is CCCCCCN(C(=O)CCC)C(C)c1nc2ccccc2c(=O)n1-c1cc(C)ccc1OC. The Hall–Kier alpha value is -3.15. The molecule has 0 spiro atoms. The zero-order chi connectivity index (χ0) is 24.7. The number of methoxy groups -OCH3 is 1. The summed E-state index contributed by atoms with van der Waals surface area (Å²) in [4.78, 5) is 33.8. The number of fused-ring (bicyclic) bond motifs is 1. The minimum Gasteiger partial charge on any atom is -0.495 e. The third-order valence-corrected chi connectivity index (χ3v) is 6.25. The van der Waals surface area contributed by atoms with Gasteiger partial charge in [-0.15, -0.1) is 0 Å². The fourth-order valence-corrected chi connectivity index (χ4v) is 4.38. The molecule has 0 fully saturated rings. The normalized spacial score (nSPS) is 12.0. The lowest BCUT2D eigenvalue weighted by Gasteiger charge is -2.31. The molecule has 0 radical (unpaired) electrons. The first-order valence-electron chi connectivity index (χ1n) is 12.4. The van der Waals surface area contributed by atoms with Gasteiger partial charge in [0.1, 0.15) is 11.6 Å². The van der Waals surface area contributed by atoms with Crippen LogP contribution in [0.25, 0.3) is 16.6 Å². The Kier molecular flexibility index (Phi) is 8.85. The van der Waals surface area contributed by atoms with Gasteiger partial charge in [0.05, 0.1) is 29.7 Å². The summed E-state index contributed by atoms with van der Waals surface area (Å²) in [7, 11) is 1.60. The molecule has 182 valence electrons. The van der Waals surface area contributed by atoms with Gasteiger partial charge in [0.15, 0.2) is 0 Å². The van der Waals surface area contributed by atoms with Crippen molar-refractivity contribution < 1.29 is 9.53 Å². The van der Waals surface area contributed by atoms with E-state index < -0.39 is 0 Å². The molecule has 0 aliphatic rings. The number of hydrogen-bond donors (Lipinski definition) is 0. The number of para-hydroxylation sites is 1. The minimum absolute atomic E-state index is 0.0941. The second kappa shape index (κ2) is 11.8. The topological polar surface area (TPSA) is 64.4 Å². The van der Waals surface area contributed by atoms with E-state index in [1.807, 2.05) is 62.1 Å². The summed E-state index contributed by atoms with van der Waals surface area (Å²) in [6.07, 6.45) is 5.54. The molecule has 0 saturated heterocycles. The van der Waals surface area contributed by atoms with E-state index in [0.29, 0.717) is 41.1 Å². The second-order valence-electron chi connectivity index (χ2n) is 8.88. The molecule has 0 bridgehead atoms. The number of aryl methyl sites for hydroxylation is 1. The van der Waals surface area contributed by atoms with Crippen molar-refractivity contribution in [3.63, 3.8) is 0 Å². The average Bonchev–Trinajstić information content (AvgIpc) is 2.83. The molecule has 1 aromatic heterocycles. The molecule has 1 atom stereocenters. The number of ether oxygens (including phenoxy) is 1. The van der Waals surface area contributed by atoms with Crippen LogP contribution in [0.15, 0.2) is 47.3 Å². The van der Waals surface area contributed by atoms with Crippen LogP contribution in [0.4, 0.5) is 0 Å². The summed E-state index contributed by atoms with van der Waals surface area (Å²) in [5.41, 5.74) is 2.12. The predicted molar refractivity (Wildman–Crippen MR) is 138 cm³/mol. The highest BCUT2D eigenvalue weighted by molar-refractivity contribution is 5.79. The molecule has 0 N–H and O–H groups in total. The van der Waals surface area contributed by atoms with E-state index in [0.717, 1.165) is 37.7 Å². The highest BCUT2D eigenvalue weighted by Gasteiger charge is 2.27. The Morgan fingerprint density at radius 2 is 1.85 bits per heavy atom. The van der Waals surface area contributed by atoms with Gasteiger partial charge in [-0.1, -0.05) is 51.3 Å². The maximum atomic E-state index is 13.8. The Balaban J connectivity index is 2.21. The Morgan fingerprint density at radius 3 is 2.56 bits per heavy atom. The summed E-state index contributed by atoms with van der Waals surface area (Å²) in [5.74, 6) is 1.23. The highest BCUT2D eigenvalue weighted by atomic mass is 16.5. The van der Waals surface area contributed by atoms with E-state index in [1.165, 1.54) is 0 Å². The zero-order valence-corrected chi connectivity index (χ0v) is 21.1. The average molecular weight is 464 g/mol. The first kappa shape index (κ1) is 25.5. The van der Waals surface area contributed by atoms with Crippen molar-refractivity contribution in [3.05, 3.63) is 64.2 Å². The van der Waals surface area contributed by atoms with Crippen molar-refractivity contribution in [2.24, 2.45) is 0 Å². The Labute approximate surface area is 202 Å². The Morgan fingerprint density at radius 1 is 1.09 bits per heavy atom. The van der Waals surface area contributed by atoms with Crippen LogP contribution in [0.3, 0.4) is 0 Å². The highest BCUT2D eigenvalue weighted by Crippen LogP contribution is 2.29. The molecule has 3 aromatic rings. The Bertz CT molecular complexity index is 1190. The molecule has 1 unspecified atom stereocenters. The van der Waals surface area contributed by atoms with Crippen molar-refractivity contribution in [2.45, 2.75) is 72.3 Å². The summed E-state index contributed by atoms with van der Waals surface area (Å²) >= 11 is 0. The van der Waals surface area contributed by atoms with Crippen molar-refractivity contribution in [1.29, 1.82) is 0 Å². The number of aromatic nitrogens is 2. The smallest absolute Gasteiger partial charge is 0.266 e. The molecule has 0 aliphatic carbocycles. The fraction of sp³-hybridized carbons (Fsp3) is 0.464. The lowest BCUT2D eigenvalue weighted by Crippen LogP contribution is -2.38. The van der Waals surface area contributed by atoms with Gasteiger partial charge in [0, 0.05) is 13.0 Å². The maximum Gasteiger partial charge on any atom is 0.266 e. The summed E-state index contributed by atoms with van der Waals surface area (Å²) in [6, 6.07) is 12.8. The van der Waals surface area contributed by atoms with Gasteiger partial charge in [-0.25, -0.2) is 4.98 Å². The number of benzene rings is 2. The van der Waals surface area contributed by atoms with Crippen LogP contribution in [0.5, 0.6) is 5.75 Å². The van der Waals surface area contributed by atoms with Crippen LogP contribution >= 0.6 is 0 Å². The molecule has 2 aromatic carbocycles. The molecule has 0 saturated carbocycles. The number of nitrogens with zero attached hydrogens (tertiary/aromatic N) is 3. The van der Waals surface area contributed by atoms with Gasteiger partial charge in [0.2, 0.25) is 5.91 Å². The lowest BCUT2D eigenvalue weighted by atomic mass is 10.1. The third-order valence-electron chi connectivity index (χ3n) is 6.25. The number of carbonyl (C=O) groups is 1. The minimum atomic E-state index is -0.372. The number of unbranched alkanes of at least 4 members (excludes halogenated alkanes) is 3. The summed E-state index contributed by atoms with van der Waals surface area (Å²) in [6.45, 7) is 8.79. The van der Waals surface area contributed by atoms with Gasteiger partial charge < -0.3 is 9.64 Å². The molecule has 3 rings (SSSR count). The van der Waals surface area contributed by atoms with Gasteiger partial charge in [-0.2, -0.15) is 0 Å².